The topological polar surface area (TPSA) is 52.0 Å². The standard InChI is InChI=1S/C9H14N2O/c1-6-4-7(11-12-6)9(10)5-8(9,2)3/h4H,5,10H2,1-3H3. The van der Waals surface area contributed by atoms with E-state index in [1.807, 2.05) is 13.0 Å². The fraction of sp³-hybridized carbons (Fsp3) is 0.667. The lowest BCUT2D eigenvalue weighted by Crippen LogP contribution is -2.25. The van der Waals surface area contributed by atoms with Gasteiger partial charge in [-0.2, -0.15) is 0 Å². The highest BCUT2D eigenvalue weighted by atomic mass is 16.5. The zero-order valence-electron chi connectivity index (χ0n) is 7.72. The first-order valence-electron chi connectivity index (χ1n) is 4.18. The Labute approximate surface area is 71.9 Å². The Bertz CT molecular complexity index is 316. The van der Waals surface area contributed by atoms with Gasteiger partial charge in [-0.05, 0) is 18.8 Å². The Hall–Kier alpha value is -0.830. The Morgan fingerprint density at radius 1 is 1.58 bits per heavy atom. The van der Waals surface area contributed by atoms with Crippen molar-refractivity contribution in [2.45, 2.75) is 32.7 Å². The van der Waals surface area contributed by atoms with Crippen molar-refractivity contribution in [3.05, 3.63) is 17.5 Å². The number of nitrogens with zero attached hydrogens (tertiary/aromatic N) is 1. The molecule has 1 aromatic rings. The number of aryl methyl sites for hydroxylation is 1. The van der Waals surface area contributed by atoms with Crippen LogP contribution < -0.4 is 5.73 Å². The van der Waals surface area contributed by atoms with Crippen molar-refractivity contribution in [1.82, 2.24) is 5.16 Å². The molecule has 1 unspecified atom stereocenters. The number of nitrogens with two attached hydrogens (primary N) is 1. The smallest absolute Gasteiger partial charge is 0.134 e. The molecule has 1 aliphatic rings. The molecule has 2 rings (SSSR count). The summed E-state index contributed by atoms with van der Waals surface area (Å²) in [6.45, 7) is 6.18. The van der Waals surface area contributed by atoms with E-state index in [9.17, 15) is 0 Å². The molecule has 1 aromatic heterocycles. The van der Waals surface area contributed by atoms with Gasteiger partial charge in [0.25, 0.3) is 0 Å². The van der Waals surface area contributed by atoms with Gasteiger partial charge in [0.15, 0.2) is 0 Å². The average Bonchev–Trinajstić information content (AvgIpc) is 2.37. The van der Waals surface area contributed by atoms with Crippen molar-refractivity contribution in [2.24, 2.45) is 11.1 Å². The summed E-state index contributed by atoms with van der Waals surface area (Å²) in [6.07, 6.45) is 0.992. The summed E-state index contributed by atoms with van der Waals surface area (Å²) < 4.78 is 4.99. The van der Waals surface area contributed by atoms with Crippen LogP contribution in [-0.4, -0.2) is 5.16 Å². The monoisotopic (exact) mass is 166 g/mol. The van der Waals surface area contributed by atoms with Gasteiger partial charge in [0.1, 0.15) is 11.5 Å². The van der Waals surface area contributed by atoms with Crippen molar-refractivity contribution in [3.63, 3.8) is 0 Å². The number of hydrogen-bond acceptors (Lipinski definition) is 3. The lowest BCUT2D eigenvalue weighted by atomic mass is 10.0. The summed E-state index contributed by atoms with van der Waals surface area (Å²) in [5, 5.41) is 3.95. The largest absolute Gasteiger partial charge is 0.361 e. The molecule has 0 aliphatic heterocycles. The van der Waals surface area contributed by atoms with Gasteiger partial charge in [-0.3, -0.25) is 0 Å². The van der Waals surface area contributed by atoms with Crippen LogP contribution in [0.3, 0.4) is 0 Å². The summed E-state index contributed by atoms with van der Waals surface area (Å²) in [4.78, 5) is 0. The molecular formula is C9H14N2O. The van der Waals surface area contributed by atoms with Crippen LogP contribution in [-0.2, 0) is 5.54 Å². The van der Waals surface area contributed by atoms with E-state index in [4.69, 9.17) is 10.3 Å². The lowest BCUT2D eigenvalue weighted by molar-refractivity contribution is 0.374. The molecule has 1 fully saturated rings. The van der Waals surface area contributed by atoms with Gasteiger partial charge in [0.2, 0.25) is 0 Å². The van der Waals surface area contributed by atoms with E-state index < -0.39 is 0 Å². The fourth-order valence-corrected chi connectivity index (χ4v) is 1.67. The second kappa shape index (κ2) is 1.91. The maximum absolute atomic E-state index is 6.14. The van der Waals surface area contributed by atoms with E-state index in [0.717, 1.165) is 17.9 Å². The molecule has 0 spiro atoms. The molecule has 3 nitrogen and oxygen atoms in total. The molecule has 2 N–H and O–H groups in total. The Kier molecular flexibility index (Phi) is 1.24. The van der Waals surface area contributed by atoms with Crippen molar-refractivity contribution < 1.29 is 4.52 Å². The van der Waals surface area contributed by atoms with Crippen LogP contribution in [0.1, 0.15) is 31.7 Å². The predicted molar refractivity (Wildman–Crippen MR) is 45.5 cm³/mol. The van der Waals surface area contributed by atoms with Crippen LogP contribution in [0.2, 0.25) is 0 Å². The van der Waals surface area contributed by atoms with E-state index in [1.165, 1.54) is 0 Å². The Balaban J connectivity index is 2.34. The van der Waals surface area contributed by atoms with E-state index in [2.05, 4.69) is 19.0 Å². The molecule has 0 amide bonds. The molecule has 3 heteroatoms. The summed E-state index contributed by atoms with van der Waals surface area (Å²) in [5.74, 6) is 0.831. The second-order valence-electron chi connectivity index (χ2n) is 4.35. The molecule has 0 radical (unpaired) electrons. The third-order valence-corrected chi connectivity index (χ3v) is 2.89. The first-order chi connectivity index (χ1) is 5.46. The second-order valence-corrected chi connectivity index (χ2v) is 4.35. The van der Waals surface area contributed by atoms with Gasteiger partial charge in [0.05, 0.1) is 5.54 Å². The summed E-state index contributed by atoms with van der Waals surface area (Å²) in [6, 6.07) is 1.93. The van der Waals surface area contributed by atoms with E-state index >= 15 is 0 Å². The van der Waals surface area contributed by atoms with Gasteiger partial charge < -0.3 is 10.3 Å². The first-order valence-corrected chi connectivity index (χ1v) is 4.18. The number of hydrogen-bond donors (Lipinski definition) is 1. The minimum Gasteiger partial charge on any atom is -0.361 e. The molecule has 1 heterocycles. The van der Waals surface area contributed by atoms with Crippen LogP contribution >= 0.6 is 0 Å². The van der Waals surface area contributed by atoms with Crippen LogP contribution in [0.4, 0.5) is 0 Å². The summed E-state index contributed by atoms with van der Waals surface area (Å²) >= 11 is 0. The van der Waals surface area contributed by atoms with Gasteiger partial charge in [-0.25, -0.2) is 0 Å². The highest BCUT2D eigenvalue weighted by Gasteiger charge is 2.61. The van der Waals surface area contributed by atoms with E-state index in [1.54, 1.807) is 0 Å². The molecule has 1 saturated carbocycles. The maximum atomic E-state index is 6.14. The first kappa shape index (κ1) is 7.80. The molecular weight excluding hydrogens is 152 g/mol. The highest BCUT2D eigenvalue weighted by Crippen LogP contribution is 2.59. The zero-order chi connectivity index (χ0) is 8.98. The molecule has 66 valence electrons. The zero-order valence-corrected chi connectivity index (χ0v) is 7.72. The van der Waals surface area contributed by atoms with Crippen LogP contribution in [0, 0.1) is 12.3 Å². The van der Waals surface area contributed by atoms with E-state index in [0.29, 0.717) is 0 Å². The quantitative estimate of drug-likeness (QED) is 0.689. The van der Waals surface area contributed by atoms with Crippen molar-refractivity contribution >= 4 is 0 Å². The molecule has 12 heavy (non-hydrogen) atoms. The molecule has 0 bridgehead atoms. The molecule has 1 aliphatic carbocycles. The molecule has 1 atom stereocenters. The normalized spacial score (nSPS) is 32.0. The third kappa shape index (κ3) is 0.829. The fourth-order valence-electron chi connectivity index (χ4n) is 1.67. The van der Waals surface area contributed by atoms with E-state index in [-0.39, 0.29) is 11.0 Å². The van der Waals surface area contributed by atoms with Gasteiger partial charge >= 0.3 is 0 Å². The van der Waals surface area contributed by atoms with Crippen LogP contribution in [0.15, 0.2) is 10.6 Å². The summed E-state index contributed by atoms with van der Waals surface area (Å²) in [7, 11) is 0. The van der Waals surface area contributed by atoms with Gasteiger partial charge in [0, 0.05) is 6.07 Å². The van der Waals surface area contributed by atoms with Gasteiger partial charge in [-0.1, -0.05) is 19.0 Å². The third-order valence-electron chi connectivity index (χ3n) is 2.89. The predicted octanol–water partition coefficient (Wildman–Crippen LogP) is 1.57. The average molecular weight is 166 g/mol. The van der Waals surface area contributed by atoms with Crippen molar-refractivity contribution in [2.75, 3.05) is 0 Å². The van der Waals surface area contributed by atoms with Crippen LogP contribution in [0.5, 0.6) is 0 Å². The molecule has 0 aromatic carbocycles. The highest BCUT2D eigenvalue weighted by molar-refractivity contribution is 5.29. The number of aromatic nitrogens is 1. The van der Waals surface area contributed by atoms with Crippen molar-refractivity contribution in [1.29, 1.82) is 0 Å². The summed E-state index contributed by atoms with van der Waals surface area (Å²) in [5.41, 5.74) is 6.96. The molecule has 0 saturated heterocycles. The number of rotatable bonds is 1. The minimum atomic E-state index is -0.245. The van der Waals surface area contributed by atoms with Crippen LogP contribution in [0.25, 0.3) is 0 Å². The Morgan fingerprint density at radius 2 is 2.17 bits per heavy atom. The SMILES string of the molecule is Cc1cc(C2(N)CC2(C)C)no1. The van der Waals surface area contributed by atoms with Gasteiger partial charge in [-0.15, -0.1) is 0 Å². The maximum Gasteiger partial charge on any atom is 0.134 e. The lowest BCUT2D eigenvalue weighted by Gasteiger charge is -2.09. The van der Waals surface area contributed by atoms with Crippen molar-refractivity contribution in [3.8, 4) is 0 Å². The minimum absolute atomic E-state index is 0.177. The Morgan fingerprint density at radius 3 is 2.50 bits per heavy atom.